The lowest BCUT2D eigenvalue weighted by Crippen LogP contribution is -2.44. The molecule has 9 heteroatoms. The molecular weight excluding hydrogens is 548 g/mol. The van der Waals surface area contributed by atoms with Crippen LogP contribution in [0.3, 0.4) is 0 Å². The molecule has 216 valence electrons. The maximum absolute atomic E-state index is 13.9. The summed E-state index contributed by atoms with van der Waals surface area (Å²) in [6.07, 6.45) is 1.93. The van der Waals surface area contributed by atoms with E-state index in [2.05, 4.69) is 24.4 Å². The van der Waals surface area contributed by atoms with Gasteiger partial charge in [0.25, 0.3) is 0 Å². The Labute approximate surface area is 250 Å². The molecule has 0 radical (unpaired) electrons. The number of hydrogen-bond acceptors (Lipinski definition) is 6. The molecule has 3 aromatic carbocycles. The van der Waals surface area contributed by atoms with Crippen LogP contribution in [0, 0.1) is 6.92 Å². The second-order valence-corrected chi connectivity index (χ2v) is 11.6. The Morgan fingerprint density at radius 3 is 2.55 bits per heavy atom. The molecule has 1 aromatic heterocycles. The topological polar surface area (TPSA) is 85.7 Å². The van der Waals surface area contributed by atoms with Crippen LogP contribution in [0.2, 0.25) is 0 Å². The Bertz CT molecular complexity index is 1560. The lowest BCUT2D eigenvalue weighted by molar-refractivity contribution is -0.123. The fraction of sp³-hybridized carbons (Fsp3) is 0.303. The van der Waals surface area contributed by atoms with E-state index in [0.29, 0.717) is 12.4 Å². The summed E-state index contributed by atoms with van der Waals surface area (Å²) < 4.78 is 12.9. The molecule has 8 nitrogen and oxygen atoms in total. The predicted octanol–water partition coefficient (Wildman–Crippen LogP) is 5.32. The number of fused-ring (bicyclic) bond motifs is 1. The molecule has 1 fully saturated rings. The van der Waals surface area contributed by atoms with Crippen LogP contribution in [-0.2, 0) is 14.3 Å². The summed E-state index contributed by atoms with van der Waals surface area (Å²) in [6, 6.07) is 25.9. The van der Waals surface area contributed by atoms with Crippen molar-refractivity contribution in [3.8, 4) is 22.7 Å². The van der Waals surface area contributed by atoms with Crippen molar-refractivity contribution >= 4 is 29.4 Å². The zero-order chi connectivity index (χ0) is 29.1. The van der Waals surface area contributed by atoms with Crippen molar-refractivity contribution in [2.24, 2.45) is 0 Å². The monoisotopic (exact) mass is 582 g/mol. The standard InChI is InChI=1S/C33H34N4O4S/c1-22-9-6-7-13-27(22)32-30-31(23-10-4-3-5-11-23)35-37(24-14-16-25(40-2)17-15-24)33(30)36(29(39)21-42-32)20-28(38)34-19-26-12-8-18-41-26/h3-7,9-11,13-17,26,32H,8,12,18-21H2,1-2H3,(H,34,38). The number of nitrogens with one attached hydrogen (secondary N) is 1. The Hall–Kier alpha value is -4.08. The van der Waals surface area contributed by atoms with Crippen LogP contribution in [0.5, 0.6) is 5.75 Å². The number of hydrogen-bond donors (Lipinski definition) is 1. The molecule has 0 aliphatic carbocycles. The minimum atomic E-state index is -0.229. The number of benzene rings is 3. The minimum absolute atomic E-state index is 0.0137. The normalized spacial score (nSPS) is 18.4. The van der Waals surface area contributed by atoms with Crippen LogP contribution < -0.4 is 15.0 Å². The van der Waals surface area contributed by atoms with Gasteiger partial charge in [-0.2, -0.15) is 5.10 Å². The first-order valence-corrected chi connectivity index (χ1v) is 15.3. The van der Waals surface area contributed by atoms with Gasteiger partial charge in [0.1, 0.15) is 18.1 Å². The number of carbonyl (C=O) groups excluding carboxylic acids is 2. The highest BCUT2D eigenvalue weighted by atomic mass is 32.2. The lowest BCUT2D eigenvalue weighted by atomic mass is 9.97. The first-order valence-electron chi connectivity index (χ1n) is 14.2. The average molecular weight is 583 g/mol. The number of nitrogens with zero attached hydrogens (tertiary/aromatic N) is 3. The second kappa shape index (κ2) is 12.4. The maximum atomic E-state index is 13.9. The van der Waals surface area contributed by atoms with E-state index < -0.39 is 0 Å². The highest BCUT2D eigenvalue weighted by Gasteiger charge is 2.38. The number of amides is 2. The van der Waals surface area contributed by atoms with Crippen molar-refractivity contribution in [2.75, 3.05) is 37.5 Å². The summed E-state index contributed by atoms with van der Waals surface area (Å²) in [6.45, 7) is 3.13. The number of thioether (sulfide) groups is 1. The third kappa shape index (κ3) is 5.67. The quantitative estimate of drug-likeness (QED) is 0.303. The molecule has 3 heterocycles. The molecule has 1 saturated heterocycles. The Kier molecular flexibility index (Phi) is 8.30. The van der Waals surface area contributed by atoms with Crippen molar-refractivity contribution in [3.05, 3.63) is 95.6 Å². The predicted molar refractivity (Wildman–Crippen MR) is 165 cm³/mol. The van der Waals surface area contributed by atoms with Gasteiger partial charge in [-0.25, -0.2) is 4.68 Å². The minimum Gasteiger partial charge on any atom is -0.497 e. The number of ether oxygens (including phenoxy) is 2. The summed E-state index contributed by atoms with van der Waals surface area (Å²) in [5.74, 6) is 1.18. The lowest BCUT2D eigenvalue weighted by Gasteiger charge is -2.24. The highest BCUT2D eigenvalue weighted by molar-refractivity contribution is 8.00. The third-order valence-corrected chi connectivity index (χ3v) is 9.01. The van der Waals surface area contributed by atoms with Gasteiger partial charge >= 0.3 is 0 Å². The fourth-order valence-electron chi connectivity index (χ4n) is 5.59. The van der Waals surface area contributed by atoms with Crippen molar-refractivity contribution in [2.45, 2.75) is 31.1 Å². The van der Waals surface area contributed by atoms with Crippen LogP contribution >= 0.6 is 11.8 Å². The maximum Gasteiger partial charge on any atom is 0.240 e. The van der Waals surface area contributed by atoms with E-state index in [0.717, 1.165) is 58.8 Å². The van der Waals surface area contributed by atoms with Crippen LogP contribution in [0.4, 0.5) is 5.82 Å². The Balaban J connectivity index is 1.52. The molecule has 2 aliphatic rings. The largest absolute Gasteiger partial charge is 0.497 e. The molecule has 2 aliphatic heterocycles. The summed E-state index contributed by atoms with van der Waals surface area (Å²) in [7, 11) is 1.63. The molecular formula is C33H34N4O4S. The van der Waals surface area contributed by atoms with Gasteiger partial charge in [0.05, 0.1) is 35.6 Å². The van der Waals surface area contributed by atoms with E-state index in [1.807, 2.05) is 66.7 Å². The number of carbonyl (C=O) groups is 2. The van der Waals surface area contributed by atoms with Crippen molar-refractivity contribution < 1.29 is 19.1 Å². The van der Waals surface area contributed by atoms with Gasteiger partial charge in [0.2, 0.25) is 11.8 Å². The molecule has 6 rings (SSSR count). The molecule has 4 aromatic rings. The third-order valence-electron chi connectivity index (χ3n) is 7.78. The summed E-state index contributed by atoms with van der Waals surface area (Å²) in [5, 5.41) is 7.98. The van der Waals surface area contributed by atoms with E-state index >= 15 is 0 Å². The first kappa shape index (κ1) is 28.1. The number of anilines is 1. The number of aryl methyl sites for hydroxylation is 1. The van der Waals surface area contributed by atoms with Crippen molar-refractivity contribution in [3.63, 3.8) is 0 Å². The van der Waals surface area contributed by atoms with Crippen LogP contribution in [0.25, 0.3) is 16.9 Å². The average Bonchev–Trinajstić information content (AvgIpc) is 3.66. The van der Waals surface area contributed by atoms with Gasteiger partial charge in [0.15, 0.2) is 0 Å². The second-order valence-electron chi connectivity index (χ2n) is 10.5. The Morgan fingerprint density at radius 2 is 1.83 bits per heavy atom. The van der Waals surface area contributed by atoms with Crippen LogP contribution in [-0.4, -0.2) is 60.3 Å². The highest BCUT2D eigenvalue weighted by Crippen LogP contribution is 2.49. The van der Waals surface area contributed by atoms with E-state index in [1.54, 1.807) is 28.5 Å². The van der Waals surface area contributed by atoms with Gasteiger partial charge in [-0.3, -0.25) is 14.5 Å². The fourth-order valence-corrected chi connectivity index (χ4v) is 6.88. The summed E-state index contributed by atoms with van der Waals surface area (Å²) >= 11 is 1.57. The number of aromatic nitrogens is 2. The van der Waals surface area contributed by atoms with Crippen molar-refractivity contribution in [1.29, 1.82) is 0 Å². The van der Waals surface area contributed by atoms with E-state index in [-0.39, 0.29) is 35.5 Å². The molecule has 1 N–H and O–H groups in total. The Morgan fingerprint density at radius 1 is 1.07 bits per heavy atom. The molecule has 0 spiro atoms. The van der Waals surface area contributed by atoms with Crippen LogP contribution in [0.1, 0.15) is 34.8 Å². The molecule has 0 bridgehead atoms. The van der Waals surface area contributed by atoms with Gasteiger partial charge in [-0.05, 0) is 55.2 Å². The summed E-state index contributed by atoms with van der Waals surface area (Å²) in [5.41, 5.74) is 5.65. The molecule has 2 unspecified atom stereocenters. The number of methoxy groups -OCH3 is 1. The zero-order valence-electron chi connectivity index (χ0n) is 23.8. The van der Waals surface area contributed by atoms with Crippen molar-refractivity contribution in [1.82, 2.24) is 15.1 Å². The van der Waals surface area contributed by atoms with Gasteiger partial charge in [-0.1, -0.05) is 54.6 Å². The van der Waals surface area contributed by atoms with Gasteiger partial charge < -0.3 is 14.8 Å². The van der Waals surface area contributed by atoms with Crippen LogP contribution in [0.15, 0.2) is 78.9 Å². The molecule has 42 heavy (non-hydrogen) atoms. The van der Waals surface area contributed by atoms with E-state index in [4.69, 9.17) is 14.6 Å². The van der Waals surface area contributed by atoms with Gasteiger partial charge in [0, 0.05) is 24.3 Å². The number of rotatable bonds is 8. The SMILES string of the molecule is COc1ccc(-n2nc(-c3ccccc3)c3c2N(CC(=O)NCC2CCCO2)C(=O)CSC3c2ccccc2C)cc1. The molecule has 0 saturated carbocycles. The molecule has 2 amide bonds. The van der Waals surface area contributed by atoms with Gasteiger partial charge in [-0.15, -0.1) is 11.8 Å². The zero-order valence-corrected chi connectivity index (χ0v) is 24.6. The smallest absolute Gasteiger partial charge is 0.240 e. The van der Waals surface area contributed by atoms with E-state index in [9.17, 15) is 9.59 Å². The summed E-state index contributed by atoms with van der Waals surface area (Å²) in [4.78, 5) is 28.8. The molecule has 2 atom stereocenters. The first-order chi connectivity index (χ1) is 20.5. The van der Waals surface area contributed by atoms with E-state index in [1.165, 1.54) is 0 Å².